The lowest BCUT2D eigenvalue weighted by molar-refractivity contribution is -0.138. The Balaban J connectivity index is 2.45. The fraction of sp³-hybridized carbons (Fsp3) is 0.700. The van der Waals surface area contributed by atoms with Crippen molar-refractivity contribution in [1.29, 1.82) is 0 Å². The molecule has 1 saturated heterocycles. The van der Waals surface area contributed by atoms with Crippen molar-refractivity contribution in [3.05, 3.63) is 12.7 Å². The first kappa shape index (κ1) is 9.30. The van der Waals surface area contributed by atoms with Gasteiger partial charge in [0.1, 0.15) is 0 Å². The summed E-state index contributed by atoms with van der Waals surface area (Å²) in [5, 5.41) is 0. The minimum atomic E-state index is 0.0764. The number of hydrogen-bond donors (Lipinski definition) is 0. The molecule has 0 spiro atoms. The Labute approximate surface area is 74.2 Å². The molecule has 68 valence electrons. The molecule has 0 bridgehead atoms. The van der Waals surface area contributed by atoms with Crippen LogP contribution in [0.4, 0.5) is 0 Å². The van der Waals surface area contributed by atoms with E-state index in [1.807, 2.05) is 4.90 Å². The Morgan fingerprint density at radius 2 is 2.00 bits per heavy atom. The molecule has 0 N–H and O–H groups in total. The molecule has 1 rings (SSSR count). The molecule has 12 heavy (non-hydrogen) atoms. The lowest BCUT2D eigenvalue weighted by Gasteiger charge is -2.49. The molecule has 1 heterocycles. The largest absolute Gasteiger partial charge is 0.338 e. The van der Waals surface area contributed by atoms with E-state index in [1.54, 1.807) is 0 Å². The summed E-state index contributed by atoms with van der Waals surface area (Å²) in [6, 6.07) is 0. The first-order valence-electron chi connectivity index (χ1n) is 4.59. The third-order valence-electron chi connectivity index (χ3n) is 3.04. The van der Waals surface area contributed by atoms with E-state index in [1.165, 1.54) is 18.9 Å². The maximum absolute atomic E-state index is 11.1. The van der Waals surface area contributed by atoms with Crippen molar-refractivity contribution >= 4 is 5.91 Å². The van der Waals surface area contributed by atoms with Crippen LogP contribution < -0.4 is 0 Å². The Hall–Kier alpha value is -0.790. The predicted octanol–water partition coefficient (Wildman–Crippen LogP) is 1.82. The van der Waals surface area contributed by atoms with Crippen LogP contribution in [0, 0.1) is 5.41 Å². The van der Waals surface area contributed by atoms with E-state index in [0.29, 0.717) is 5.41 Å². The van der Waals surface area contributed by atoms with Gasteiger partial charge < -0.3 is 4.90 Å². The maximum atomic E-state index is 11.1. The van der Waals surface area contributed by atoms with E-state index in [9.17, 15) is 4.79 Å². The summed E-state index contributed by atoms with van der Waals surface area (Å²) >= 11 is 0. The Bertz CT molecular complexity index is 186. The second-order valence-electron chi connectivity index (χ2n) is 3.61. The molecule has 1 amide bonds. The third kappa shape index (κ3) is 1.38. The molecule has 0 aromatic heterocycles. The minimum absolute atomic E-state index is 0.0764. The SMILES string of the molecule is C=CC(=O)N1CC(CC)(CC)C1. The van der Waals surface area contributed by atoms with Crippen molar-refractivity contribution in [3.8, 4) is 0 Å². The molecule has 0 aromatic rings. The Morgan fingerprint density at radius 3 is 2.33 bits per heavy atom. The van der Waals surface area contributed by atoms with E-state index >= 15 is 0 Å². The normalized spacial score (nSPS) is 20.0. The number of carbonyl (C=O) groups is 1. The minimum Gasteiger partial charge on any atom is -0.338 e. The number of carbonyl (C=O) groups excluding carboxylic acids is 1. The summed E-state index contributed by atoms with van der Waals surface area (Å²) in [4.78, 5) is 13.0. The molecule has 0 unspecified atom stereocenters. The van der Waals surface area contributed by atoms with Crippen LogP contribution in [0.5, 0.6) is 0 Å². The van der Waals surface area contributed by atoms with Crippen molar-refractivity contribution in [2.75, 3.05) is 13.1 Å². The lowest BCUT2D eigenvalue weighted by atomic mass is 9.75. The van der Waals surface area contributed by atoms with Gasteiger partial charge in [-0.2, -0.15) is 0 Å². The highest BCUT2D eigenvalue weighted by Gasteiger charge is 2.41. The summed E-state index contributed by atoms with van der Waals surface area (Å²) in [6.45, 7) is 9.70. The van der Waals surface area contributed by atoms with Gasteiger partial charge in [0.15, 0.2) is 0 Å². The van der Waals surface area contributed by atoms with E-state index in [0.717, 1.165) is 13.1 Å². The van der Waals surface area contributed by atoms with Gasteiger partial charge in [0, 0.05) is 18.5 Å². The number of nitrogens with zero attached hydrogens (tertiary/aromatic N) is 1. The molecule has 1 fully saturated rings. The average molecular weight is 167 g/mol. The van der Waals surface area contributed by atoms with Crippen molar-refractivity contribution in [2.45, 2.75) is 26.7 Å². The molecule has 0 aliphatic carbocycles. The molecular formula is C10H17NO. The molecule has 0 atom stereocenters. The van der Waals surface area contributed by atoms with Crippen LogP contribution in [0.15, 0.2) is 12.7 Å². The molecule has 1 aliphatic heterocycles. The fourth-order valence-electron chi connectivity index (χ4n) is 1.75. The van der Waals surface area contributed by atoms with Gasteiger partial charge in [-0.1, -0.05) is 20.4 Å². The first-order valence-corrected chi connectivity index (χ1v) is 4.59. The summed E-state index contributed by atoms with van der Waals surface area (Å²) in [6.07, 6.45) is 3.74. The van der Waals surface area contributed by atoms with Gasteiger partial charge in [0.2, 0.25) is 5.91 Å². The Morgan fingerprint density at radius 1 is 1.50 bits per heavy atom. The van der Waals surface area contributed by atoms with Gasteiger partial charge in [-0.25, -0.2) is 0 Å². The van der Waals surface area contributed by atoms with E-state index in [2.05, 4.69) is 20.4 Å². The zero-order valence-electron chi connectivity index (χ0n) is 7.97. The van der Waals surface area contributed by atoms with Crippen molar-refractivity contribution < 1.29 is 4.79 Å². The maximum Gasteiger partial charge on any atom is 0.245 e. The van der Waals surface area contributed by atoms with Gasteiger partial charge in [-0.05, 0) is 18.9 Å². The number of likely N-dealkylation sites (tertiary alicyclic amines) is 1. The van der Waals surface area contributed by atoms with Crippen molar-refractivity contribution in [2.24, 2.45) is 5.41 Å². The van der Waals surface area contributed by atoms with Crippen molar-refractivity contribution in [1.82, 2.24) is 4.90 Å². The number of rotatable bonds is 3. The number of amides is 1. The Kier molecular flexibility index (Phi) is 2.55. The summed E-state index contributed by atoms with van der Waals surface area (Å²) < 4.78 is 0. The van der Waals surface area contributed by atoms with Crippen LogP contribution in [0.1, 0.15) is 26.7 Å². The monoisotopic (exact) mass is 167 g/mol. The van der Waals surface area contributed by atoms with Crippen LogP contribution in [-0.4, -0.2) is 23.9 Å². The molecule has 0 aromatic carbocycles. The molecule has 1 aliphatic rings. The second kappa shape index (κ2) is 3.30. The molecule has 2 heteroatoms. The first-order chi connectivity index (χ1) is 5.67. The molecule has 0 saturated carbocycles. The summed E-state index contributed by atoms with van der Waals surface area (Å²) in [7, 11) is 0. The smallest absolute Gasteiger partial charge is 0.245 e. The van der Waals surface area contributed by atoms with Crippen LogP contribution in [0.2, 0.25) is 0 Å². The standard InChI is InChI=1S/C10H17NO/c1-4-9(12)11-7-10(5-2,6-3)8-11/h4H,1,5-8H2,2-3H3. The van der Waals surface area contributed by atoms with E-state index < -0.39 is 0 Å². The third-order valence-corrected chi connectivity index (χ3v) is 3.04. The van der Waals surface area contributed by atoms with Crippen LogP contribution in [0.25, 0.3) is 0 Å². The van der Waals surface area contributed by atoms with E-state index in [-0.39, 0.29) is 5.91 Å². The summed E-state index contributed by atoms with van der Waals surface area (Å²) in [5.74, 6) is 0.0764. The quantitative estimate of drug-likeness (QED) is 0.587. The predicted molar refractivity (Wildman–Crippen MR) is 49.8 cm³/mol. The number of hydrogen-bond acceptors (Lipinski definition) is 1. The van der Waals surface area contributed by atoms with Gasteiger partial charge in [0.25, 0.3) is 0 Å². The van der Waals surface area contributed by atoms with Gasteiger partial charge in [-0.15, -0.1) is 0 Å². The highest BCUT2D eigenvalue weighted by atomic mass is 16.2. The molecule has 2 nitrogen and oxygen atoms in total. The van der Waals surface area contributed by atoms with Crippen molar-refractivity contribution in [3.63, 3.8) is 0 Å². The van der Waals surface area contributed by atoms with Gasteiger partial charge in [-0.3, -0.25) is 4.79 Å². The highest BCUT2D eigenvalue weighted by Crippen LogP contribution is 2.36. The van der Waals surface area contributed by atoms with Gasteiger partial charge in [0.05, 0.1) is 0 Å². The van der Waals surface area contributed by atoms with Crippen LogP contribution in [-0.2, 0) is 4.79 Å². The lowest BCUT2D eigenvalue weighted by Crippen LogP contribution is -2.57. The van der Waals surface area contributed by atoms with E-state index in [4.69, 9.17) is 0 Å². The topological polar surface area (TPSA) is 20.3 Å². The fourth-order valence-corrected chi connectivity index (χ4v) is 1.75. The zero-order valence-corrected chi connectivity index (χ0v) is 7.97. The molecule has 0 radical (unpaired) electrons. The zero-order chi connectivity index (χ0) is 9.19. The van der Waals surface area contributed by atoms with Crippen LogP contribution in [0.3, 0.4) is 0 Å². The highest BCUT2D eigenvalue weighted by molar-refractivity contribution is 5.87. The second-order valence-corrected chi connectivity index (χ2v) is 3.61. The summed E-state index contributed by atoms with van der Waals surface area (Å²) in [5.41, 5.74) is 0.415. The van der Waals surface area contributed by atoms with Gasteiger partial charge >= 0.3 is 0 Å². The van der Waals surface area contributed by atoms with Crippen LogP contribution >= 0.6 is 0 Å². The molecular weight excluding hydrogens is 150 g/mol. The average Bonchev–Trinajstić information content (AvgIpc) is 2.04.